The minimum absolute atomic E-state index is 0.0765. The van der Waals surface area contributed by atoms with Gasteiger partial charge in [0.25, 0.3) is 0 Å². The molecular weight excluding hydrogens is 236 g/mol. The Hall–Kier alpha value is -0.640. The van der Waals surface area contributed by atoms with Crippen LogP contribution in [-0.2, 0) is 11.2 Å². The molecule has 0 bridgehead atoms. The first kappa shape index (κ1) is 14.4. The first-order chi connectivity index (χ1) is 8.03. The Morgan fingerprint density at radius 2 is 2.24 bits per heavy atom. The molecule has 2 unspecified atom stereocenters. The molecule has 3 nitrogen and oxygen atoms in total. The van der Waals surface area contributed by atoms with Crippen LogP contribution in [0.25, 0.3) is 0 Å². The molecule has 0 aromatic carbocycles. The van der Waals surface area contributed by atoms with E-state index in [1.165, 1.54) is 0 Å². The molecule has 4 heteroatoms. The smallest absolute Gasteiger partial charge is 0.0805 e. The van der Waals surface area contributed by atoms with E-state index in [4.69, 9.17) is 22.1 Å². The summed E-state index contributed by atoms with van der Waals surface area (Å²) in [6.07, 6.45) is 4.96. The SMILES string of the molecule is CCOC(C)(CC)C(N)Cc1ccncc1Cl. The van der Waals surface area contributed by atoms with E-state index in [2.05, 4.69) is 18.8 Å². The van der Waals surface area contributed by atoms with Crippen LogP contribution >= 0.6 is 11.6 Å². The summed E-state index contributed by atoms with van der Waals surface area (Å²) in [5.41, 5.74) is 6.96. The maximum absolute atomic E-state index is 6.25. The highest BCUT2D eigenvalue weighted by Crippen LogP contribution is 2.24. The molecule has 1 rings (SSSR count). The van der Waals surface area contributed by atoms with Gasteiger partial charge in [-0.25, -0.2) is 0 Å². The fraction of sp³-hybridized carbons (Fsp3) is 0.615. The average Bonchev–Trinajstić information content (AvgIpc) is 2.32. The van der Waals surface area contributed by atoms with Crippen molar-refractivity contribution >= 4 is 11.6 Å². The fourth-order valence-electron chi connectivity index (χ4n) is 1.82. The zero-order chi connectivity index (χ0) is 12.9. The molecule has 0 saturated heterocycles. The van der Waals surface area contributed by atoms with Crippen molar-refractivity contribution in [1.82, 2.24) is 4.98 Å². The number of hydrogen-bond acceptors (Lipinski definition) is 3. The molecule has 0 radical (unpaired) electrons. The molecule has 2 N–H and O–H groups in total. The van der Waals surface area contributed by atoms with Gasteiger partial charge in [0.2, 0.25) is 0 Å². The highest BCUT2D eigenvalue weighted by atomic mass is 35.5. The fourth-order valence-corrected chi connectivity index (χ4v) is 2.02. The van der Waals surface area contributed by atoms with Gasteiger partial charge in [-0.1, -0.05) is 18.5 Å². The maximum Gasteiger partial charge on any atom is 0.0805 e. The van der Waals surface area contributed by atoms with E-state index in [-0.39, 0.29) is 11.6 Å². The Bertz CT molecular complexity index is 359. The molecule has 0 fully saturated rings. The van der Waals surface area contributed by atoms with Gasteiger partial charge in [0.1, 0.15) is 0 Å². The highest BCUT2D eigenvalue weighted by molar-refractivity contribution is 6.31. The predicted molar refractivity (Wildman–Crippen MR) is 71.2 cm³/mol. The molecule has 1 aromatic heterocycles. The minimum Gasteiger partial charge on any atom is -0.374 e. The lowest BCUT2D eigenvalue weighted by Gasteiger charge is -2.34. The van der Waals surface area contributed by atoms with Crippen LogP contribution < -0.4 is 5.73 Å². The number of aromatic nitrogens is 1. The van der Waals surface area contributed by atoms with Crippen molar-refractivity contribution in [1.29, 1.82) is 0 Å². The summed E-state index contributed by atoms with van der Waals surface area (Å²) in [5, 5.41) is 0.665. The lowest BCUT2D eigenvalue weighted by atomic mass is 9.89. The number of nitrogens with zero attached hydrogens (tertiary/aromatic N) is 1. The summed E-state index contributed by atoms with van der Waals surface area (Å²) in [7, 11) is 0. The molecule has 1 aromatic rings. The van der Waals surface area contributed by atoms with Crippen molar-refractivity contribution < 1.29 is 4.74 Å². The van der Waals surface area contributed by atoms with Gasteiger partial charge in [0.15, 0.2) is 0 Å². The predicted octanol–water partition coefficient (Wildman–Crippen LogP) is 2.81. The largest absolute Gasteiger partial charge is 0.374 e. The molecule has 0 spiro atoms. The van der Waals surface area contributed by atoms with Crippen LogP contribution in [0.1, 0.15) is 32.8 Å². The van der Waals surface area contributed by atoms with Gasteiger partial charge < -0.3 is 10.5 Å². The van der Waals surface area contributed by atoms with E-state index in [1.807, 2.05) is 13.0 Å². The molecule has 0 aliphatic rings. The molecule has 0 saturated carbocycles. The second kappa shape index (κ2) is 6.34. The zero-order valence-corrected chi connectivity index (χ0v) is 11.5. The Morgan fingerprint density at radius 3 is 2.76 bits per heavy atom. The van der Waals surface area contributed by atoms with Crippen molar-refractivity contribution in [2.24, 2.45) is 5.73 Å². The summed E-state index contributed by atoms with van der Waals surface area (Å²) >= 11 is 6.08. The number of nitrogens with two attached hydrogens (primary N) is 1. The topological polar surface area (TPSA) is 48.1 Å². The standard InChI is InChI=1S/C13H21ClN2O/c1-4-13(3,17-5-2)12(15)8-10-6-7-16-9-11(10)14/h6-7,9,12H,4-5,8,15H2,1-3H3. The van der Waals surface area contributed by atoms with Crippen LogP contribution in [-0.4, -0.2) is 23.2 Å². The summed E-state index contributed by atoms with van der Waals surface area (Å²) in [5.74, 6) is 0. The van der Waals surface area contributed by atoms with Crippen molar-refractivity contribution in [2.75, 3.05) is 6.61 Å². The third-order valence-corrected chi connectivity index (χ3v) is 3.60. The van der Waals surface area contributed by atoms with Crippen molar-refractivity contribution in [3.63, 3.8) is 0 Å². The van der Waals surface area contributed by atoms with E-state index >= 15 is 0 Å². The lowest BCUT2D eigenvalue weighted by molar-refractivity contribution is -0.0461. The number of hydrogen-bond donors (Lipinski definition) is 1. The number of rotatable bonds is 6. The van der Waals surface area contributed by atoms with Gasteiger partial charge in [0, 0.05) is 25.0 Å². The number of pyridine rings is 1. The highest BCUT2D eigenvalue weighted by Gasteiger charge is 2.30. The van der Waals surface area contributed by atoms with E-state index in [1.54, 1.807) is 12.4 Å². The molecule has 0 amide bonds. The molecule has 0 aliphatic heterocycles. The van der Waals surface area contributed by atoms with Gasteiger partial charge in [0.05, 0.1) is 10.6 Å². The number of ether oxygens (including phenoxy) is 1. The first-order valence-corrected chi connectivity index (χ1v) is 6.39. The molecule has 2 atom stereocenters. The van der Waals surface area contributed by atoms with Crippen LogP contribution in [0.15, 0.2) is 18.5 Å². The van der Waals surface area contributed by atoms with Crippen molar-refractivity contribution in [3.8, 4) is 0 Å². The second-order valence-electron chi connectivity index (χ2n) is 4.38. The first-order valence-electron chi connectivity index (χ1n) is 6.01. The van der Waals surface area contributed by atoms with Crippen LogP contribution in [0.3, 0.4) is 0 Å². The van der Waals surface area contributed by atoms with Crippen LogP contribution in [0.2, 0.25) is 5.02 Å². The van der Waals surface area contributed by atoms with Gasteiger partial charge in [-0.15, -0.1) is 0 Å². The number of halogens is 1. The van der Waals surface area contributed by atoms with Crippen molar-refractivity contribution in [3.05, 3.63) is 29.0 Å². The third kappa shape index (κ3) is 3.66. The normalized spacial score (nSPS) is 16.5. The Kier molecular flexibility index (Phi) is 5.37. The molecule has 96 valence electrons. The van der Waals surface area contributed by atoms with Crippen molar-refractivity contribution in [2.45, 2.75) is 45.3 Å². The molecule has 0 aliphatic carbocycles. The Balaban J connectivity index is 2.77. The van der Waals surface area contributed by atoms with E-state index in [0.29, 0.717) is 18.1 Å². The quantitative estimate of drug-likeness (QED) is 0.852. The average molecular weight is 257 g/mol. The second-order valence-corrected chi connectivity index (χ2v) is 4.78. The van der Waals surface area contributed by atoms with E-state index in [0.717, 1.165) is 12.0 Å². The Morgan fingerprint density at radius 1 is 1.53 bits per heavy atom. The van der Waals surface area contributed by atoms with Crippen LogP contribution in [0.5, 0.6) is 0 Å². The molecule has 17 heavy (non-hydrogen) atoms. The van der Waals surface area contributed by atoms with E-state index in [9.17, 15) is 0 Å². The monoisotopic (exact) mass is 256 g/mol. The van der Waals surface area contributed by atoms with E-state index < -0.39 is 0 Å². The summed E-state index contributed by atoms with van der Waals surface area (Å²) < 4.78 is 5.77. The maximum atomic E-state index is 6.25. The molecule has 1 heterocycles. The van der Waals surface area contributed by atoms with Gasteiger partial charge in [-0.3, -0.25) is 4.98 Å². The zero-order valence-electron chi connectivity index (χ0n) is 10.7. The van der Waals surface area contributed by atoms with Gasteiger partial charge in [-0.2, -0.15) is 0 Å². The molecular formula is C13H21ClN2O. The van der Waals surface area contributed by atoms with Crippen LogP contribution in [0, 0.1) is 0 Å². The van der Waals surface area contributed by atoms with Gasteiger partial charge >= 0.3 is 0 Å². The third-order valence-electron chi connectivity index (χ3n) is 3.26. The summed E-state index contributed by atoms with van der Waals surface area (Å²) in [6.45, 7) is 6.79. The summed E-state index contributed by atoms with van der Waals surface area (Å²) in [6, 6.07) is 1.83. The minimum atomic E-state index is -0.304. The Labute approximate surface area is 108 Å². The van der Waals surface area contributed by atoms with Gasteiger partial charge in [-0.05, 0) is 38.3 Å². The summed E-state index contributed by atoms with van der Waals surface area (Å²) in [4.78, 5) is 3.97. The van der Waals surface area contributed by atoms with Crippen LogP contribution in [0.4, 0.5) is 0 Å². The lowest BCUT2D eigenvalue weighted by Crippen LogP contribution is -2.48.